The van der Waals surface area contributed by atoms with Gasteiger partial charge in [0, 0.05) is 0 Å². The first-order valence-corrected chi connectivity index (χ1v) is 17.0. The van der Waals surface area contributed by atoms with Crippen LogP contribution in [0.5, 0.6) is 0 Å². The Morgan fingerprint density at radius 2 is 0.359 bits per heavy atom. The molecule has 0 rings (SSSR count). The van der Waals surface area contributed by atoms with Crippen molar-refractivity contribution >= 4 is 23.4 Å². The van der Waals surface area contributed by atoms with Gasteiger partial charge in [-0.2, -0.15) is 0 Å². The van der Waals surface area contributed by atoms with E-state index in [9.17, 15) is 75.5 Å². The van der Waals surface area contributed by atoms with Crippen molar-refractivity contribution in [1.82, 2.24) is 0 Å². The first-order valence-electron chi connectivity index (χ1n) is 11.0. The third kappa shape index (κ3) is 281. The molecule has 254 valence electrons. The smallest absolute Gasteiger partial charge is 0.412 e. The molecule has 0 heterocycles. The van der Waals surface area contributed by atoms with E-state index in [2.05, 4.69) is 13.8 Å². The van der Waals surface area contributed by atoms with Gasteiger partial charge in [0.25, 0.3) is 0 Å². The summed E-state index contributed by atoms with van der Waals surface area (Å²) in [4.78, 5) is 0. The summed E-state index contributed by atoms with van der Waals surface area (Å²) in [6.07, 6.45) is 20.4. The number of rotatable bonds is 13. The monoisotopic (exact) mass is 734 g/mol. The first-order chi connectivity index (χ1) is 15.3. The first kappa shape index (κ1) is 52.2. The van der Waals surface area contributed by atoms with Crippen molar-refractivity contribution in [2.24, 2.45) is 0 Å². The van der Waals surface area contributed by atoms with E-state index in [4.69, 9.17) is 0 Å². The van der Waals surface area contributed by atoms with Crippen molar-refractivity contribution < 1.29 is 98.1 Å². The Bertz CT molecular complexity index is 495. The summed E-state index contributed by atoms with van der Waals surface area (Å²) >= 11 is 0. The van der Waals surface area contributed by atoms with Crippen LogP contribution in [0.25, 0.3) is 0 Å². The number of hydrogen-bond acceptors (Lipinski definition) is 0. The molecule has 0 fully saturated rings. The largest absolute Gasteiger partial charge is 3.00 e. The van der Waals surface area contributed by atoms with Gasteiger partial charge >= 0.3 is 116 Å². The van der Waals surface area contributed by atoms with Crippen LogP contribution in [0.4, 0.5) is 75.5 Å². The Morgan fingerprint density at radius 3 is 0.436 bits per heavy atom. The van der Waals surface area contributed by atoms with E-state index >= 15 is 0 Å². The van der Waals surface area contributed by atoms with Crippen LogP contribution in [0.15, 0.2) is 0 Å². The van der Waals surface area contributed by atoms with Crippen LogP contribution < -0.4 is 0 Å². The minimum atomic E-state index is -10.7. The van der Waals surface area contributed by atoms with Gasteiger partial charge in [-0.15, -0.1) is 0 Å². The SMILES string of the molecule is CCCCCCCCCCCCCCCC.F[P-](F)(F)(F)(F)F.F[P-](F)(F)(F)(F)F.F[P-](F)(F)(F)(F)F.O.[Mn+3]. The molecule has 0 amide bonds. The Hall–Kier alpha value is 0.509. The van der Waals surface area contributed by atoms with Crippen molar-refractivity contribution in [3.63, 3.8) is 0 Å². The molecule has 0 saturated carbocycles. The summed E-state index contributed by atoms with van der Waals surface area (Å²) in [5, 5.41) is 0. The molecule has 0 aliphatic carbocycles. The zero-order valence-electron chi connectivity index (χ0n) is 20.9. The molecule has 0 atom stereocenters. The zero-order valence-corrected chi connectivity index (χ0v) is 24.8. The Morgan fingerprint density at radius 1 is 0.282 bits per heavy atom. The second-order valence-electron chi connectivity index (χ2n) is 8.12. The Kier molecular flexibility index (Phi) is 20.5. The summed E-state index contributed by atoms with van der Waals surface area (Å²) in [6, 6.07) is 0. The summed E-state index contributed by atoms with van der Waals surface area (Å²) in [5.41, 5.74) is 0. The molecule has 0 aromatic carbocycles. The van der Waals surface area contributed by atoms with Crippen LogP contribution in [0.3, 0.4) is 0 Å². The fourth-order valence-corrected chi connectivity index (χ4v) is 2.27. The van der Waals surface area contributed by atoms with E-state index in [0.717, 1.165) is 0 Å². The van der Waals surface area contributed by atoms with Gasteiger partial charge in [-0.05, 0) is 0 Å². The minimum absolute atomic E-state index is 0. The molecule has 0 aromatic rings. The fraction of sp³-hybridized carbons (Fsp3) is 1.00. The van der Waals surface area contributed by atoms with Gasteiger partial charge in [0.05, 0.1) is 0 Å². The molecule has 1 nitrogen and oxygen atoms in total. The van der Waals surface area contributed by atoms with Crippen molar-refractivity contribution in [2.45, 2.75) is 104 Å². The molecule has 0 bridgehead atoms. The molecule has 0 radical (unpaired) electrons. The van der Waals surface area contributed by atoms with Crippen molar-refractivity contribution in [3.05, 3.63) is 0 Å². The standard InChI is InChI=1S/C16H34.3F6P.Mn.H2O/c1-3-5-7-9-11-13-15-16-14-12-10-8-6-4-2;3*1-7(2,3,4,5)6;;/h3-16H2,1-2H3;;;;;1H2/q;3*-1;+3;. The van der Waals surface area contributed by atoms with Crippen molar-refractivity contribution in [3.8, 4) is 0 Å². The molecular formula is C16H36F18MnOP3. The number of hydrogen-bond donors (Lipinski definition) is 0. The quantitative estimate of drug-likeness (QED) is 0.0781. The van der Waals surface area contributed by atoms with Gasteiger partial charge in [0.1, 0.15) is 0 Å². The third-order valence-corrected chi connectivity index (χ3v) is 3.46. The van der Waals surface area contributed by atoms with Gasteiger partial charge in [-0.25, -0.2) is 0 Å². The van der Waals surface area contributed by atoms with Gasteiger partial charge < -0.3 is 5.48 Å². The third-order valence-electron chi connectivity index (χ3n) is 3.46. The predicted octanol–water partition coefficient (Wildman–Crippen LogP) is 15.8. The summed E-state index contributed by atoms with van der Waals surface area (Å²) < 4.78 is 178. The zero-order chi connectivity index (χ0) is 31.1. The Labute approximate surface area is 225 Å². The van der Waals surface area contributed by atoms with Crippen LogP contribution >= 0.6 is 23.4 Å². The molecule has 0 aliphatic rings. The molecule has 0 unspecified atom stereocenters. The normalized spacial score (nSPS) is 16.9. The average molecular weight is 734 g/mol. The molecule has 23 heteroatoms. The van der Waals surface area contributed by atoms with Crippen LogP contribution in [0, 0.1) is 0 Å². The fourth-order valence-electron chi connectivity index (χ4n) is 2.27. The summed E-state index contributed by atoms with van der Waals surface area (Å²) in [5.74, 6) is 0. The van der Waals surface area contributed by atoms with Crippen LogP contribution in [0.1, 0.15) is 104 Å². The van der Waals surface area contributed by atoms with Gasteiger partial charge in [-0.1, -0.05) is 104 Å². The van der Waals surface area contributed by atoms with Gasteiger partial charge in [0.15, 0.2) is 0 Å². The topological polar surface area (TPSA) is 31.5 Å². The van der Waals surface area contributed by atoms with Crippen LogP contribution in [-0.4, -0.2) is 5.48 Å². The molecule has 0 spiro atoms. The number of unbranched alkanes of at least 4 members (excludes halogenated alkanes) is 13. The van der Waals surface area contributed by atoms with E-state index in [-0.39, 0.29) is 22.5 Å². The Balaban J connectivity index is -0.000000100. The van der Waals surface area contributed by atoms with E-state index in [1.54, 1.807) is 0 Å². The maximum Gasteiger partial charge on any atom is 3.00 e. The van der Waals surface area contributed by atoms with Crippen LogP contribution in [-0.2, 0) is 17.1 Å². The van der Waals surface area contributed by atoms with Crippen molar-refractivity contribution in [2.75, 3.05) is 0 Å². The summed E-state index contributed by atoms with van der Waals surface area (Å²) in [6.45, 7) is 4.58. The molecular weight excluding hydrogens is 698 g/mol. The van der Waals surface area contributed by atoms with Crippen LogP contribution in [0.2, 0.25) is 0 Å². The molecule has 0 aromatic heterocycles. The van der Waals surface area contributed by atoms with Crippen molar-refractivity contribution in [1.29, 1.82) is 0 Å². The average Bonchev–Trinajstić information content (AvgIpc) is 2.47. The number of halogens is 18. The second-order valence-corrected chi connectivity index (χ2v) is 13.9. The molecule has 39 heavy (non-hydrogen) atoms. The van der Waals surface area contributed by atoms with E-state index in [1.165, 1.54) is 89.9 Å². The predicted molar refractivity (Wildman–Crippen MR) is 120 cm³/mol. The van der Waals surface area contributed by atoms with Gasteiger partial charge in [-0.3, -0.25) is 0 Å². The summed E-state index contributed by atoms with van der Waals surface area (Å²) in [7, 11) is -32.0. The van der Waals surface area contributed by atoms with Gasteiger partial charge in [0.2, 0.25) is 0 Å². The molecule has 2 N–H and O–H groups in total. The maximum atomic E-state index is 9.87. The van der Waals surface area contributed by atoms with E-state index in [1.807, 2.05) is 0 Å². The molecule has 0 aliphatic heterocycles. The maximum absolute atomic E-state index is 10.7. The van der Waals surface area contributed by atoms with E-state index in [0.29, 0.717) is 0 Å². The van der Waals surface area contributed by atoms with E-state index < -0.39 is 23.4 Å². The second kappa shape index (κ2) is 15.3. The minimum Gasteiger partial charge on any atom is -0.412 e. The molecule has 0 saturated heterocycles.